The van der Waals surface area contributed by atoms with Gasteiger partial charge in [-0.1, -0.05) is 6.07 Å². The molecule has 160 valence electrons. The number of anilines is 1. The van der Waals surface area contributed by atoms with Gasteiger partial charge in [0, 0.05) is 29.2 Å². The lowest BCUT2D eigenvalue weighted by Crippen LogP contribution is -2.42. The first-order valence-corrected chi connectivity index (χ1v) is 10.5. The fraction of sp³-hybridized carbons (Fsp3) is 0.227. The van der Waals surface area contributed by atoms with Crippen molar-refractivity contribution in [1.29, 1.82) is 0 Å². The number of thiophene rings is 1. The number of nitro benzene ring substituents is 1. The van der Waals surface area contributed by atoms with E-state index in [-0.39, 0.29) is 17.8 Å². The van der Waals surface area contributed by atoms with Gasteiger partial charge in [0.2, 0.25) is 0 Å². The number of non-ortho nitro benzene ring substituents is 1. The van der Waals surface area contributed by atoms with E-state index in [1.165, 1.54) is 24.3 Å². The maximum absolute atomic E-state index is 13.2. The fourth-order valence-corrected chi connectivity index (χ4v) is 4.63. The number of rotatable bonds is 5. The predicted octanol–water partition coefficient (Wildman–Crippen LogP) is 4.85. The van der Waals surface area contributed by atoms with Crippen LogP contribution in [-0.4, -0.2) is 36.6 Å². The highest BCUT2D eigenvalue weighted by atomic mass is 32.1. The van der Waals surface area contributed by atoms with Gasteiger partial charge < -0.3 is 19.7 Å². The van der Waals surface area contributed by atoms with Crippen LogP contribution in [-0.2, 0) is 6.42 Å². The van der Waals surface area contributed by atoms with Crippen molar-refractivity contribution in [3.05, 3.63) is 80.0 Å². The third kappa shape index (κ3) is 4.04. The maximum Gasteiger partial charge on any atom is 0.322 e. The third-order valence-electron chi connectivity index (χ3n) is 5.28. The summed E-state index contributed by atoms with van der Waals surface area (Å²) in [4.78, 5) is 26.4. The molecule has 2 heterocycles. The molecule has 0 saturated carbocycles. The van der Waals surface area contributed by atoms with Crippen LogP contribution in [0.1, 0.15) is 22.0 Å². The minimum atomic E-state index is -0.471. The Labute approximate surface area is 183 Å². The van der Waals surface area contributed by atoms with Crippen LogP contribution in [0.15, 0.2) is 53.9 Å². The molecule has 0 radical (unpaired) electrons. The van der Waals surface area contributed by atoms with Crippen molar-refractivity contribution in [2.45, 2.75) is 12.5 Å². The minimum absolute atomic E-state index is 0.0256. The first kappa shape index (κ1) is 20.7. The Morgan fingerprint density at radius 3 is 2.48 bits per heavy atom. The summed E-state index contributed by atoms with van der Waals surface area (Å²) in [5.41, 5.74) is 2.57. The van der Waals surface area contributed by atoms with Crippen LogP contribution in [0, 0.1) is 10.1 Å². The van der Waals surface area contributed by atoms with Crippen molar-refractivity contribution in [3.63, 3.8) is 0 Å². The van der Waals surface area contributed by atoms with Gasteiger partial charge in [0.25, 0.3) is 5.69 Å². The van der Waals surface area contributed by atoms with Crippen LogP contribution in [0.25, 0.3) is 0 Å². The number of benzene rings is 2. The SMILES string of the molecule is COc1cc2c(cc1OC)C(c1cccs1)N(C(=O)Nc1ccc([N+](=O)[O-])cc1)CC2. The monoisotopic (exact) mass is 439 g/mol. The number of methoxy groups -OCH3 is 2. The van der Waals surface area contributed by atoms with Gasteiger partial charge in [-0.3, -0.25) is 10.1 Å². The van der Waals surface area contributed by atoms with Crippen molar-refractivity contribution in [2.75, 3.05) is 26.1 Å². The Kier molecular flexibility index (Phi) is 5.77. The van der Waals surface area contributed by atoms with Gasteiger partial charge in [-0.2, -0.15) is 0 Å². The molecule has 1 N–H and O–H groups in total. The molecule has 0 saturated heterocycles. The van der Waals surface area contributed by atoms with E-state index < -0.39 is 4.92 Å². The Morgan fingerprint density at radius 1 is 1.16 bits per heavy atom. The summed E-state index contributed by atoms with van der Waals surface area (Å²) in [5, 5.41) is 15.7. The number of ether oxygens (including phenoxy) is 2. The predicted molar refractivity (Wildman–Crippen MR) is 118 cm³/mol. The number of nitro groups is 1. The molecule has 1 unspecified atom stereocenters. The van der Waals surface area contributed by atoms with Crippen LogP contribution < -0.4 is 14.8 Å². The summed E-state index contributed by atoms with van der Waals surface area (Å²) in [7, 11) is 3.19. The largest absolute Gasteiger partial charge is 0.493 e. The van der Waals surface area contributed by atoms with Crippen molar-refractivity contribution in [2.24, 2.45) is 0 Å². The van der Waals surface area contributed by atoms with Crippen molar-refractivity contribution >= 4 is 28.7 Å². The van der Waals surface area contributed by atoms with Gasteiger partial charge in [0.05, 0.1) is 25.2 Å². The number of carbonyl (C=O) groups is 1. The summed E-state index contributed by atoms with van der Waals surface area (Å²) >= 11 is 1.58. The lowest BCUT2D eigenvalue weighted by molar-refractivity contribution is -0.384. The highest BCUT2D eigenvalue weighted by Gasteiger charge is 2.34. The number of hydrogen-bond donors (Lipinski definition) is 1. The maximum atomic E-state index is 13.2. The first-order chi connectivity index (χ1) is 15.0. The minimum Gasteiger partial charge on any atom is -0.493 e. The van der Waals surface area contributed by atoms with Gasteiger partial charge in [-0.15, -0.1) is 11.3 Å². The molecule has 8 nitrogen and oxygen atoms in total. The number of carbonyl (C=O) groups excluding carboxylic acids is 1. The van der Waals surface area contributed by atoms with Crippen LogP contribution in [0.2, 0.25) is 0 Å². The van der Waals surface area contributed by atoms with Crippen molar-refractivity contribution in [1.82, 2.24) is 4.90 Å². The van der Waals surface area contributed by atoms with E-state index >= 15 is 0 Å². The quantitative estimate of drug-likeness (QED) is 0.453. The van der Waals surface area contributed by atoms with Crippen LogP contribution in [0.3, 0.4) is 0 Å². The lowest BCUT2D eigenvalue weighted by Gasteiger charge is -2.37. The average Bonchev–Trinajstić information content (AvgIpc) is 3.32. The molecule has 0 bridgehead atoms. The summed E-state index contributed by atoms with van der Waals surface area (Å²) in [6.45, 7) is 0.518. The summed E-state index contributed by atoms with van der Waals surface area (Å²) in [5.74, 6) is 1.27. The molecule has 4 rings (SSSR count). The van der Waals surface area contributed by atoms with Crippen LogP contribution in [0.4, 0.5) is 16.2 Å². The molecule has 3 aromatic rings. The normalized spacial score (nSPS) is 15.2. The number of fused-ring (bicyclic) bond motifs is 1. The Balaban J connectivity index is 1.67. The molecule has 1 aliphatic rings. The average molecular weight is 439 g/mol. The van der Waals surface area contributed by atoms with Crippen LogP contribution >= 0.6 is 11.3 Å². The van der Waals surface area contributed by atoms with Gasteiger partial charge in [0.15, 0.2) is 11.5 Å². The lowest BCUT2D eigenvalue weighted by atomic mass is 9.91. The zero-order valence-electron chi connectivity index (χ0n) is 17.0. The van der Waals surface area contributed by atoms with Crippen LogP contribution in [0.5, 0.6) is 11.5 Å². The standard InChI is InChI=1S/C22H21N3O5S/c1-29-18-12-14-9-10-24(22(26)23-15-5-7-16(8-6-15)25(27)28)21(20-4-3-11-31-20)17(14)13-19(18)30-2/h3-8,11-13,21H,9-10H2,1-2H3,(H,23,26). The van der Waals surface area contributed by atoms with E-state index in [4.69, 9.17) is 9.47 Å². The zero-order chi connectivity index (χ0) is 22.0. The smallest absolute Gasteiger partial charge is 0.322 e. The Hall–Kier alpha value is -3.59. The molecule has 9 heteroatoms. The van der Waals surface area contributed by atoms with Gasteiger partial charge in [-0.25, -0.2) is 4.79 Å². The summed E-state index contributed by atoms with van der Waals surface area (Å²) in [6.07, 6.45) is 0.672. The molecule has 1 aromatic heterocycles. The zero-order valence-corrected chi connectivity index (χ0v) is 17.8. The van der Waals surface area contributed by atoms with Gasteiger partial charge in [0.1, 0.15) is 0 Å². The number of urea groups is 1. The molecule has 2 amide bonds. The van der Waals surface area contributed by atoms with E-state index in [9.17, 15) is 14.9 Å². The highest BCUT2D eigenvalue weighted by molar-refractivity contribution is 7.10. The number of amides is 2. The Morgan fingerprint density at radius 2 is 1.87 bits per heavy atom. The molecule has 2 aromatic carbocycles. The molecule has 0 fully saturated rings. The number of hydrogen-bond acceptors (Lipinski definition) is 6. The second kappa shape index (κ2) is 8.65. The van der Waals surface area contributed by atoms with Crippen molar-refractivity contribution in [3.8, 4) is 11.5 Å². The number of nitrogens with one attached hydrogen (secondary N) is 1. The molecule has 0 spiro atoms. The topological polar surface area (TPSA) is 93.9 Å². The first-order valence-electron chi connectivity index (χ1n) is 9.62. The molecule has 0 aliphatic carbocycles. The van der Waals surface area contributed by atoms with E-state index in [0.717, 1.165) is 16.0 Å². The van der Waals surface area contributed by atoms with E-state index in [1.54, 1.807) is 30.5 Å². The highest BCUT2D eigenvalue weighted by Crippen LogP contribution is 2.42. The molecule has 1 aliphatic heterocycles. The van der Waals surface area contributed by atoms with E-state index in [1.807, 2.05) is 29.6 Å². The van der Waals surface area contributed by atoms with Gasteiger partial charge >= 0.3 is 6.03 Å². The summed E-state index contributed by atoms with van der Waals surface area (Å²) in [6, 6.07) is 13.1. The number of nitrogens with zero attached hydrogens (tertiary/aromatic N) is 2. The van der Waals surface area contributed by atoms with Gasteiger partial charge in [-0.05, 0) is 53.3 Å². The van der Waals surface area contributed by atoms with E-state index in [0.29, 0.717) is 30.2 Å². The third-order valence-corrected chi connectivity index (χ3v) is 6.20. The summed E-state index contributed by atoms with van der Waals surface area (Å²) < 4.78 is 10.9. The second-order valence-corrected chi connectivity index (χ2v) is 7.98. The fourth-order valence-electron chi connectivity index (χ4n) is 3.78. The molecule has 31 heavy (non-hydrogen) atoms. The van der Waals surface area contributed by atoms with E-state index in [2.05, 4.69) is 5.32 Å². The molecular formula is C22H21N3O5S. The Bertz CT molecular complexity index is 1100. The second-order valence-electron chi connectivity index (χ2n) is 7.00. The molecule has 1 atom stereocenters. The molecular weight excluding hydrogens is 418 g/mol. The van der Waals surface area contributed by atoms with Crippen molar-refractivity contribution < 1.29 is 19.2 Å².